The van der Waals surface area contributed by atoms with Crippen molar-refractivity contribution in [1.29, 1.82) is 0 Å². The number of carbonyl (C=O) groups excluding carboxylic acids is 1. The molecule has 8 nitrogen and oxygen atoms in total. The summed E-state index contributed by atoms with van der Waals surface area (Å²) < 4.78 is 33.3. The monoisotopic (exact) mass is 450 g/mol. The summed E-state index contributed by atoms with van der Waals surface area (Å²) in [6, 6.07) is 11.4. The van der Waals surface area contributed by atoms with E-state index >= 15 is 0 Å². The van der Waals surface area contributed by atoms with Crippen LogP contribution in [0.1, 0.15) is 32.9 Å². The number of carbonyl (C=O) groups is 1. The highest BCUT2D eigenvalue weighted by molar-refractivity contribution is 7.92. The second-order valence-corrected chi connectivity index (χ2v) is 9.28. The Kier molecular flexibility index (Phi) is 5.43. The molecule has 0 aliphatic rings. The van der Waals surface area contributed by atoms with Crippen LogP contribution in [0.2, 0.25) is 0 Å². The molecule has 2 heterocycles. The summed E-state index contributed by atoms with van der Waals surface area (Å²) in [4.78, 5) is 20.7. The zero-order valence-electron chi connectivity index (χ0n) is 18.1. The third-order valence-electron chi connectivity index (χ3n) is 5.20. The first-order valence-corrected chi connectivity index (χ1v) is 11.4. The lowest BCUT2D eigenvalue weighted by molar-refractivity contribution is 0.0998. The fraction of sp³-hybridized carbons (Fsp3) is 0.174. The van der Waals surface area contributed by atoms with Gasteiger partial charge in [-0.05, 0) is 81.3 Å². The molecule has 0 spiro atoms. The Bertz CT molecular complexity index is 1440. The van der Waals surface area contributed by atoms with Gasteiger partial charge in [0.2, 0.25) is 5.95 Å². The van der Waals surface area contributed by atoms with E-state index in [1.165, 1.54) is 30.5 Å². The van der Waals surface area contributed by atoms with Crippen molar-refractivity contribution in [2.24, 2.45) is 0 Å². The van der Waals surface area contributed by atoms with E-state index < -0.39 is 15.9 Å². The summed E-state index contributed by atoms with van der Waals surface area (Å²) in [6.07, 6.45) is 1.47. The topological polar surface area (TPSA) is 114 Å². The van der Waals surface area contributed by atoms with Crippen LogP contribution in [0.15, 0.2) is 58.0 Å². The number of rotatable bonds is 5. The lowest BCUT2D eigenvalue weighted by Crippen LogP contribution is -2.16. The molecule has 4 rings (SSSR count). The second kappa shape index (κ2) is 8.08. The quantitative estimate of drug-likeness (QED) is 0.462. The number of anilines is 2. The summed E-state index contributed by atoms with van der Waals surface area (Å²) in [6.45, 7) is 7.58. The predicted molar refractivity (Wildman–Crippen MR) is 122 cm³/mol. The van der Waals surface area contributed by atoms with E-state index in [1.54, 1.807) is 13.0 Å². The number of benzene rings is 2. The molecule has 0 unspecified atom stereocenters. The van der Waals surface area contributed by atoms with Crippen LogP contribution in [0, 0.1) is 27.7 Å². The molecule has 32 heavy (non-hydrogen) atoms. The van der Waals surface area contributed by atoms with Gasteiger partial charge in [-0.15, -0.1) is 0 Å². The molecule has 2 aromatic carbocycles. The highest BCUT2D eigenvalue weighted by atomic mass is 32.2. The Morgan fingerprint density at radius 3 is 2.34 bits per heavy atom. The zero-order chi connectivity index (χ0) is 23.0. The number of hydrogen-bond donors (Lipinski definition) is 2. The molecular weight excluding hydrogens is 428 g/mol. The Hall–Kier alpha value is -3.72. The molecule has 0 bridgehead atoms. The maximum atomic E-state index is 12.8. The molecule has 1 amide bonds. The molecule has 0 atom stereocenters. The first-order valence-electron chi connectivity index (χ1n) is 9.88. The van der Waals surface area contributed by atoms with Crippen LogP contribution in [-0.2, 0) is 10.0 Å². The van der Waals surface area contributed by atoms with Gasteiger partial charge >= 0.3 is 0 Å². The number of sulfonamides is 1. The molecule has 4 aromatic rings. The smallest absolute Gasteiger partial charge is 0.291 e. The normalized spacial score (nSPS) is 11.5. The van der Waals surface area contributed by atoms with Crippen molar-refractivity contribution >= 4 is 38.5 Å². The molecule has 0 saturated carbocycles. The van der Waals surface area contributed by atoms with E-state index in [0.29, 0.717) is 17.0 Å². The fourth-order valence-corrected chi connectivity index (χ4v) is 4.23. The van der Waals surface area contributed by atoms with E-state index in [1.807, 2.05) is 32.9 Å². The predicted octanol–water partition coefficient (Wildman–Crippen LogP) is 4.51. The Labute approximate surface area is 185 Å². The number of nitrogens with one attached hydrogen (secondary N) is 2. The summed E-state index contributed by atoms with van der Waals surface area (Å²) in [5.41, 5.74) is 4.69. The molecule has 0 saturated heterocycles. The number of nitrogens with zero attached hydrogens (tertiary/aromatic N) is 2. The third-order valence-corrected chi connectivity index (χ3v) is 6.55. The lowest BCUT2D eigenvalue weighted by atomic mass is 10.1. The van der Waals surface area contributed by atoms with Gasteiger partial charge in [-0.3, -0.25) is 4.79 Å². The number of aromatic nitrogens is 2. The number of hydrogen-bond acceptors (Lipinski definition) is 6. The van der Waals surface area contributed by atoms with Gasteiger partial charge in [-0.1, -0.05) is 0 Å². The molecule has 2 aromatic heterocycles. The van der Waals surface area contributed by atoms with Crippen molar-refractivity contribution < 1.29 is 17.6 Å². The second-order valence-electron chi connectivity index (χ2n) is 7.59. The van der Waals surface area contributed by atoms with E-state index in [-0.39, 0.29) is 16.6 Å². The van der Waals surface area contributed by atoms with E-state index in [2.05, 4.69) is 20.0 Å². The van der Waals surface area contributed by atoms with Gasteiger partial charge in [-0.2, -0.15) is 0 Å². The Morgan fingerprint density at radius 1 is 0.969 bits per heavy atom. The fourth-order valence-electron chi connectivity index (χ4n) is 3.28. The van der Waals surface area contributed by atoms with Gasteiger partial charge in [0.25, 0.3) is 15.9 Å². The number of furan rings is 1. The minimum Gasteiger partial charge on any atom is -0.451 e. The summed E-state index contributed by atoms with van der Waals surface area (Å²) in [7, 11) is -3.87. The molecule has 2 N–H and O–H groups in total. The van der Waals surface area contributed by atoms with Gasteiger partial charge in [-0.25, -0.2) is 23.1 Å². The maximum absolute atomic E-state index is 12.8. The Balaban J connectivity index is 1.53. The number of aryl methyl sites for hydroxylation is 4. The molecule has 164 valence electrons. The van der Waals surface area contributed by atoms with E-state index in [9.17, 15) is 13.2 Å². The molecule has 0 radical (unpaired) electrons. The number of fused-ring (bicyclic) bond motifs is 1. The van der Waals surface area contributed by atoms with Crippen LogP contribution in [0.4, 0.5) is 11.6 Å². The highest BCUT2D eigenvalue weighted by Crippen LogP contribution is 2.28. The van der Waals surface area contributed by atoms with Crippen LogP contribution < -0.4 is 10.0 Å². The highest BCUT2D eigenvalue weighted by Gasteiger charge is 2.20. The lowest BCUT2D eigenvalue weighted by Gasteiger charge is -2.08. The molecule has 9 heteroatoms. The van der Waals surface area contributed by atoms with Gasteiger partial charge in [0, 0.05) is 28.5 Å². The van der Waals surface area contributed by atoms with Crippen molar-refractivity contribution in [3.8, 4) is 0 Å². The molecular formula is C23H22N4O4S. The van der Waals surface area contributed by atoms with Gasteiger partial charge in [0.15, 0.2) is 5.76 Å². The minimum absolute atomic E-state index is 0.00628. The van der Waals surface area contributed by atoms with Crippen molar-refractivity contribution in [2.45, 2.75) is 32.6 Å². The Morgan fingerprint density at radius 2 is 1.66 bits per heavy atom. The zero-order valence-corrected chi connectivity index (χ0v) is 18.9. The van der Waals surface area contributed by atoms with Crippen LogP contribution in [-0.4, -0.2) is 24.3 Å². The first-order chi connectivity index (χ1) is 15.1. The maximum Gasteiger partial charge on any atom is 0.291 e. The standard InChI is InChI=1S/C23H22N4O4S/c1-13-11-19-16(4)21(31-20(19)12-14(13)2)22(28)26-17-5-7-18(8-6-17)32(29,30)27-23-24-10-9-15(3)25-23/h5-12H,1-4H3,(H,26,28)(H,24,25,27). The van der Waals surface area contributed by atoms with Crippen LogP contribution in [0.5, 0.6) is 0 Å². The van der Waals surface area contributed by atoms with Crippen molar-refractivity contribution in [1.82, 2.24) is 9.97 Å². The van der Waals surface area contributed by atoms with Crippen molar-refractivity contribution in [3.05, 3.63) is 76.8 Å². The SMILES string of the molecule is Cc1ccnc(NS(=O)(=O)c2ccc(NC(=O)c3oc4cc(C)c(C)cc4c3C)cc2)n1. The van der Waals surface area contributed by atoms with E-state index in [0.717, 1.165) is 22.1 Å². The molecule has 0 fully saturated rings. The minimum atomic E-state index is -3.87. The summed E-state index contributed by atoms with van der Waals surface area (Å²) in [5.74, 6) is -0.191. The summed E-state index contributed by atoms with van der Waals surface area (Å²) >= 11 is 0. The van der Waals surface area contributed by atoms with E-state index in [4.69, 9.17) is 4.42 Å². The van der Waals surface area contributed by atoms with Gasteiger partial charge < -0.3 is 9.73 Å². The van der Waals surface area contributed by atoms with Crippen LogP contribution in [0.25, 0.3) is 11.0 Å². The average Bonchev–Trinajstić information content (AvgIpc) is 3.04. The first kappa shape index (κ1) is 21.5. The number of amides is 1. The third kappa shape index (κ3) is 4.19. The molecule has 0 aliphatic heterocycles. The van der Waals surface area contributed by atoms with Crippen LogP contribution >= 0.6 is 0 Å². The van der Waals surface area contributed by atoms with Gasteiger partial charge in [0.1, 0.15) is 5.58 Å². The van der Waals surface area contributed by atoms with Crippen LogP contribution in [0.3, 0.4) is 0 Å². The van der Waals surface area contributed by atoms with Crippen molar-refractivity contribution in [2.75, 3.05) is 10.0 Å². The van der Waals surface area contributed by atoms with Gasteiger partial charge in [0.05, 0.1) is 4.90 Å². The summed E-state index contributed by atoms with van der Waals surface area (Å²) in [5, 5.41) is 3.65. The van der Waals surface area contributed by atoms with Crippen molar-refractivity contribution in [3.63, 3.8) is 0 Å². The molecule has 0 aliphatic carbocycles. The largest absolute Gasteiger partial charge is 0.451 e. The average molecular weight is 451 g/mol.